The highest BCUT2D eigenvalue weighted by Crippen LogP contribution is 2.26. The summed E-state index contributed by atoms with van der Waals surface area (Å²) in [6.07, 6.45) is 6.13. The largest absolute Gasteiger partial charge is 0.466 e. The zero-order valence-corrected chi connectivity index (χ0v) is 18.3. The van der Waals surface area contributed by atoms with E-state index in [0.717, 1.165) is 36.8 Å². The molecular weight excluding hydrogens is 382 g/mol. The van der Waals surface area contributed by atoms with Gasteiger partial charge in [-0.1, -0.05) is 37.1 Å². The molecule has 166 valence electrons. The summed E-state index contributed by atoms with van der Waals surface area (Å²) in [5, 5.41) is 3.22. The molecule has 0 radical (unpaired) electrons. The predicted octanol–water partition coefficient (Wildman–Crippen LogP) is 3.40. The van der Waals surface area contributed by atoms with Crippen molar-refractivity contribution in [1.82, 2.24) is 5.32 Å². The van der Waals surface area contributed by atoms with E-state index < -0.39 is 6.04 Å². The maximum atomic E-state index is 12.4. The van der Waals surface area contributed by atoms with Crippen molar-refractivity contribution in [2.75, 3.05) is 19.8 Å². The van der Waals surface area contributed by atoms with Gasteiger partial charge in [0.25, 0.3) is 0 Å². The quantitative estimate of drug-likeness (QED) is 0.496. The van der Waals surface area contributed by atoms with Crippen LogP contribution in [0, 0.1) is 5.92 Å². The Hall–Kier alpha value is -2.21. The normalized spacial score (nSPS) is 15.0. The Labute approximate surface area is 179 Å². The number of benzene rings is 1. The van der Waals surface area contributed by atoms with E-state index in [1.54, 1.807) is 13.8 Å². The van der Waals surface area contributed by atoms with Crippen LogP contribution in [0.25, 0.3) is 0 Å². The van der Waals surface area contributed by atoms with Gasteiger partial charge in [0.2, 0.25) is 0 Å². The lowest BCUT2D eigenvalue weighted by atomic mass is 9.99. The smallest absolute Gasteiger partial charge is 0.323 e. The summed E-state index contributed by atoms with van der Waals surface area (Å²) < 4.78 is 10.2. The van der Waals surface area contributed by atoms with Crippen LogP contribution in [0.4, 0.5) is 0 Å². The van der Waals surface area contributed by atoms with E-state index >= 15 is 0 Å². The molecule has 6 heteroatoms. The Morgan fingerprint density at radius 2 is 1.73 bits per heavy atom. The van der Waals surface area contributed by atoms with Crippen molar-refractivity contribution in [1.29, 1.82) is 0 Å². The number of carbonyl (C=O) groups excluding carboxylic acids is 3. The van der Waals surface area contributed by atoms with Crippen LogP contribution in [0.15, 0.2) is 24.3 Å². The van der Waals surface area contributed by atoms with Crippen LogP contribution >= 0.6 is 0 Å². The third-order valence-electron chi connectivity index (χ3n) is 5.50. The lowest BCUT2D eigenvalue weighted by molar-refractivity contribution is -0.146. The third kappa shape index (κ3) is 8.27. The summed E-state index contributed by atoms with van der Waals surface area (Å²) in [4.78, 5) is 36.3. The maximum Gasteiger partial charge on any atom is 0.323 e. The molecular formula is C24H35NO5. The minimum Gasteiger partial charge on any atom is -0.466 e. The van der Waals surface area contributed by atoms with Crippen LogP contribution in [0.3, 0.4) is 0 Å². The van der Waals surface area contributed by atoms with Crippen molar-refractivity contribution in [3.05, 3.63) is 35.4 Å². The summed E-state index contributed by atoms with van der Waals surface area (Å²) in [6.45, 7) is 4.75. The second-order valence-electron chi connectivity index (χ2n) is 7.79. The molecule has 1 saturated carbocycles. The minimum atomic E-state index is -0.498. The lowest BCUT2D eigenvalue weighted by Crippen LogP contribution is -2.41. The molecule has 1 atom stereocenters. The average Bonchev–Trinajstić information content (AvgIpc) is 3.27. The molecule has 1 aliphatic rings. The number of carbonyl (C=O) groups is 3. The second-order valence-corrected chi connectivity index (χ2v) is 7.79. The van der Waals surface area contributed by atoms with Crippen LogP contribution in [-0.2, 0) is 36.7 Å². The molecule has 2 rings (SSSR count). The first-order valence-electron chi connectivity index (χ1n) is 11.2. The van der Waals surface area contributed by atoms with E-state index in [1.165, 1.54) is 0 Å². The van der Waals surface area contributed by atoms with Crippen molar-refractivity contribution >= 4 is 17.7 Å². The fourth-order valence-electron chi connectivity index (χ4n) is 3.93. The second kappa shape index (κ2) is 13.2. The molecule has 1 aromatic carbocycles. The Morgan fingerprint density at radius 3 is 2.43 bits per heavy atom. The van der Waals surface area contributed by atoms with Gasteiger partial charge in [-0.15, -0.1) is 0 Å². The zero-order chi connectivity index (χ0) is 21.8. The van der Waals surface area contributed by atoms with Crippen LogP contribution in [0.1, 0.15) is 63.5 Å². The first kappa shape index (κ1) is 24.1. The number of hydrogen-bond donors (Lipinski definition) is 1. The first-order valence-corrected chi connectivity index (χ1v) is 11.2. The minimum absolute atomic E-state index is 0.198. The summed E-state index contributed by atoms with van der Waals surface area (Å²) in [5.41, 5.74) is 2.02. The van der Waals surface area contributed by atoms with Gasteiger partial charge in [-0.3, -0.25) is 14.4 Å². The Balaban J connectivity index is 1.91. The maximum absolute atomic E-state index is 12.4. The first-order chi connectivity index (χ1) is 14.5. The molecule has 0 aliphatic heterocycles. The molecule has 0 spiro atoms. The zero-order valence-electron chi connectivity index (χ0n) is 18.3. The molecule has 1 aliphatic carbocycles. The molecule has 1 fully saturated rings. The molecule has 0 aromatic heterocycles. The van der Waals surface area contributed by atoms with Gasteiger partial charge < -0.3 is 14.8 Å². The Kier molecular flexibility index (Phi) is 10.6. The molecule has 0 heterocycles. The number of rotatable bonds is 13. The number of ether oxygens (including phenoxy) is 2. The fourth-order valence-corrected chi connectivity index (χ4v) is 3.93. The lowest BCUT2D eigenvalue weighted by Gasteiger charge is -2.18. The molecule has 30 heavy (non-hydrogen) atoms. The number of hydrogen-bond acceptors (Lipinski definition) is 6. The van der Waals surface area contributed by atoms with Crippen molar-refractivity contribution in [3.8, 4) is 0 Å². The Morgan fingerprint density at radius 1 is 1.03 bits per heavy atom. The highest BCUT2D eigenvalue weighted by molar-refractivity contribution is 5.81. The summed E-state index contributed by atoms with van der Waals surface area (Å²) in [6, 6.07) is 7.38. The van der Waals surface area contributed by atoms with Gasteiger partial charge in [0, 0.05) is 25.3 Å². The third-order valence-corrected chi connectivity index (χ3v) is 5.50. The molecule has 0 amide bonds. The molecule has 1 N–H and O–H groups in total. The van der Waals surface area contributed by atoms with Crippen LogP contribution in [-0.4, -0.2) is 43.5 Å². The molecule has 0 saturated heterocycles. The van der Waals surface area contributed by atoms with Crippen LogP contribution < -0.4 is 5.32 Å². The van der Waals surface area contributed by atoms with Crippen molar-refractivity contribution in [3.63, 3.8) is 0 Å². The van der Waals surface area contributed by atoms with Crippen LogP contribution in [0.5, 0.6) is 0 Å². The summed E-state index contributed by atoms with van der Waals surface area (Å²) >= 11 is 0. The Bertz CT molecular complexity index is 697. The highest BCUT2D eigenvalue weighted by Gasteiger charge is 2.24. The van der Waals surface area contributed by atoms with Gasteiger partial charge in [0.15, 0.2) is 0 Å². The predicted molar refractivity (Wildman–Crippen MR) is 115 cm³/mol. The van der Waals surface area contributed by atoms with E-state index in [4.69, 9.17) is 9.47 Å². The number of Topliss-reactive ketones (excluding diaryl/α,β-unsaturated/α-hetero) is 1. The summed E-state index contributed by atoms with van der Waals surface area (Å²) in [5.74, 6) is -0.0175. The summed E-state index contributed by atoms with van der Waals surface area (Å²) in [7, 11) is 0. The molecule has 1 unspecified atom stereocenters. The average molecular weight is 418 g/mol. The van der Waals surface area contributed by atoms with Crippen molar-refractivity contribution in [2.24, 2.45) is 5.92 Å². The monoisotopic (exact) mass is 417 g/mol. The van der Waals surface area contributed by atoms with Gasteiger partial charge in [0.1, 0.15) is 11.8 Å². The number of aryl methyl sites for hydroxylation is 1. The number of ketones is 1. The molecule has 6 nitrogen and oxygen atoms in total. The van der Waals surface area contributed by atoms with E-state index in [0.29, 0.717) is 51.2 Å². The van der Waals surface area contributed by atoms with E-state index in [9.17, 15) is 14.4 Å². The van der Waals surface area contributed by atoms with Crippen molar-refractivity contribution in [2.45, 2.75) is 71.3 Å². The standard InChI is InChI=1S/C24H35NO5/c1-3-29-23(27)13-12-18-8-7-9-19(16-18)17-21(24(28)30-4-2)25-15-14-22(26)20-10-5-6-11-20/h7-9,16,20-21,25H,3-6,10-15,17H2,1-2H3. The fraction of sp³-hybridized carbons (Fsp3) is 0.625. The van der Waals surface area contributed by atoms with E-state index in [2.05, 4.69) is 5.32 Å². The van der Waals surface area contributed by atoms with Gasteiger partial charge >= 0.3 is 11.9 Å². The number of nitrogens with one attached hydrogen (secondary N) is 1. The van der Waals surface area contributed by atoms with Crippen LogP contribution in [0.2, 0.25) is 0 Å². The van der Waals surface area contributed by atoms with Gasteiger partial charge in [-0.05, 0) is 50.7 Å². The van der Waals surface area contributed by atoms with Gasteiger partial charge in [-0.2, -0.15) is 0 Å². The molecule has 1 aromatic rings. The SMILES string of the molecule is CCOC(=O)CCc1cccc(CC(NCCC(=O)C2CCCC2)C(=O)OCC)c1. The van der Waals surface area contributed by atoms with Gasteiger partial charge in [0.05, 0.1) is 13.2 Å². The highest BCUT2D eigenvalue weighted by atomic mass is 16.5. The van der Waals surface area contributed by atoms with Crippen molar-refractivity contribution < 1.29 is 23.9 Å². The molecule has 0 bridgehead atoms. The topological polar surface area (TPSA) is 81.7 Å². The van der Waals surface area contributed by atoms with Gasteiger partial charge in [-0.25, -0.2) is 0 Å². The van der Waals surface area contributed by atoms with E-state index in [-0.39, 0.29) is 17.9 Å². The number of esters is 2. The van der Waals surface area contributed by atoms with E-state index in [1.807, 2.05) is 24.3 Å².